The molecular weight excluding hydrogens is 260 g/mol. The van der Waals surface area contributed by atoms with Crippen LogP contribution in [0, 0.1) is 0 Å². The maximum atomic E-state index is 11.8. The van der Waals surface area contributed by atoms with E-state index in [2.05, 4.69) is 15.5 Å². The molecule has 0 spiro atoms. The lowest BCUT2D eigenvalue weighted by molar-refractivity contribution is -0.120. The minimum atomic E-state index is -1.04. The number of nitrogens with zero attached hydrogens (tertiary/aromatic N) is 3. The third-order valence-corrected chi connectivity index (χ3v) is 2.85. The highest BCUT2D eigenvalue weighted by atomic mass is 16.4. The van der Waals surface area contributed by atoms with Crippen molar-refractivity contribution in [3.05, 3.63) is 47.5 Å². The molecule has 0 aliphatic heterocycles. The molecule has 1 amide bonds. The fourth-order valence-corrected chi connectivity index (χ4v) is 1.76. The number of carboxylic acid groups (broad SMARTS) is 1. The molecule has 0 aliphatic carbocycles. The lowest BCUT2D eigenvalue weighted by Gasteiger charge is -2.07. The number of hydrogen-bond acceptors (Lipinski definition) is 4. The van der Waals surface area contributed by atoms with Gasteiger partial charge in [0.25, 0.3) is 0 Å². The first-order valence-electron chi connectivity index (χ1n) is 5.98. The highest BCUT2D eigenvalue weighted by Gasteiger charge is 2.12. The van der Waals surface area contributed by atoms with Gasteiger partial charge in [-0.2, -0.15) is 0 Å². The second kappa shape index (κ2) is 5.96. The summed E-state index contributed by atoms with van der Waals surface area (Å²) in [5.41, 5.74) is 0.622. The zero-order chi connectivity index (χ0) is 14.5. The molecule has 7 heteroatoms. The molecule has 1 aromatic carbocycles. The molecule has 1 heterocycles. The van der Waals surface area contributed by atoms with Crippen molar-refractivity contribution < 1.29 is 14.7 Å². The van der Waals surface area contributed by atoms with Gasteiger partial charge < -0.3 is 15.0 Å². The molecule has 0 atom stereocenters. The van der Waals surface area contributed by atoms with Crippen LogP contribution < -0.4 is 5.32 Å². The Morgan fingerprint density at radius 1 is 1.35 bits per heavy atom. The van der Waals surface area contributed by atoms with Crippen LogP contribution in [0.2, 0.25) is 0 Å². The number of rotatable bonds is 5. The van der Waals surface area contributed by atoms with E-state index in [4.69, 9.17) is 5.11 Å². The molecule has 2 N–H and O–H groups in total. The van der Waals surface area contributed by atoms with Crippen LogP contribution in [0.1, 0.15) is 21.7 Å². The summed E-state index contributed by atoms with van der Waals surface area (Å²) in [5.74, 6) is -0.673. The zero-order valence-corrected chi connectivity index (χ0v) is 10.9. The fraction of sp³-hybridized carbons (Fsp3) is 0.231. The second-order valence-electron chi connectivity index (χ2n) is 4.27. The molecule has 2 aromatic rings. The predicted molar refractivity (Wildman–Crippen MR) is 70.0 cm³/mol. The van der Waals surface area contributed by atoms with Crippen molar-refractivity contribution in [2.75, 3.05) is 0 Å². The van der Waals surface area contributed by atoms with Crippen LogP contribution in [0.15, 0.2) is 30.6 Å². The quantitative estimate of drug-likeness (QED) is 0.821. The van der Waals surface area contributed by atoms with Crippen LogP contribution in [-0.4, -0.2) is 31.7 Å². The Labute approximate surface area is 115 Å². The van der Waals surface area contributed by atoms with Crippen molar-refractivity contribution in [3.8, 4) is 0 Å². The smallest absolute Gasteiger partial charge is 0.335 e. The molecule has 0 fully saturated rings. The SMILES string of the molecule is Cn1cnnc1CNC(=O)Cc1ccccc1C(=O)O. The van der Waals surface area contributed by atoms with Crippen LogP contribution in [0.5, 0.6) is 0 Å². The zero-order valence-electron chi connectivity index (χ0n) is 10.9. The number of amides is 1. The molecule has 0 radical (unpaired) electrons. The summed E-state index contributed by atoms with van der Waals surface area (Å²) in [4.78, 5) is 22.9. The van der Waals surface area contributed by atoms with E-state index in [-0.39, 0.29) is 24.4 Å². The summed E-state index contributed by atoms with van der Waals surface area (Å²) < 4.78 is 1.70. The molecule has 0 bridgehead atoms. The number of carbonyl (C=O) groups excluding carboxylic acids is 1. The van der Waals surface area contributed by atoms with Gasteiger partial charge in [0, 0.05) is 7.05 Å². The fourth-order valence-electron chi connectivity index (χ4n) is 1.76. The average Bonchev–Trinajstić information content (AvgIpc) is 2.82. The minimum Gasteiger partial charge on any atom is -0.478 e. The Hall–Kier alpha value is -2.70. The molecule has 0 saturated heterocycles. The Kier molecular flexibility index (Phi) is 4.09. The van der Waals surface area contributed by atoms with Crippen LogP contribution in [-0.2, 0) is 24.8 Å². The number of aryl methyl sites for hydroxylation is 1. The van der Waals surface area contributed by atoms with Gasteiger partial charge in [0.2, 0.25) is 5.91 Å². The maximum Gasteiger partial charge on any atom is 0.335 e. The number of benzene rings is 1. The van der Waals surface area contributed by atoms with Gasteiger partial charge in [-0.15, -0.1) is 10.2 Å². The first-order valence-corrected chi connectivity index (χ1v) is 5.98. The number of carbonyl (C=O) groups is 2. The van der Waals surface area contributed by atoms with E-state index in [1.54, 1.807) is 36.1 Å². The van der Waals surface area contributed by atoms with Crippen molar-refractivity contribution in [2.45, 2.75) is 13.0 Å². The summed E-state index contributed by atoms with van der Waals surface area (Å²) in [5, 5.41) is 19.3. The number of carboxylic acids is 1. The van der Waals surface area contributed by atoms with Crippen LogP contribution in [0.25, 0.3) is 0 Å². The monoisotopic (exact) mass is 274 g/mol. The van der Waals surface area contributed by atoms with Crippen LogP contribution >= 0.6 is 0 Å². The van der Waals surface area contributed by atoms with Gasteiger partial charge in [-0.1, -0.05) is 18.2 Å². The van der Waals surface area contributed by atoms with Crippen molar-refractivity contribution in [2.24, 2.45) is 7.05 Å². The van der Waals surface area contributed by atoms with E-state index in [1.807, 2.05) is 0 Å². The van der Waals surface area contributed by atoms with E-state index in [1.165, 1.54) is 6.07 Å². The van der Waals surface area contributed by atoms with Crippen molar-refractivity contribution in [1.82, 2.24) is 20.1 Å². The van der Waals surface area contributed by atoms with E-state index >= 15 is 0 Å². The molecule has 1 aromatic heterocycles. The summed E-state index contributed by atoms with van der Waals surface area (Å²) >= 11 is 0. The molecule has 0 saturated carbocycles. The highest BCUT2D eigenvalue weighted by Crippen LogP contribution is 2.09. The maximum absolute atomic E-state index is 11.8. The lowest BCUT2D eigenvalue weighted by Crippen LogP contribution is -2.26. The van der Waals surface area contributed by atoms with Gasteiger partial charge in [0.05, 0.1) is 18.5 Å². The third-order valence-electron chi connectivity index (χ3n) is 2.85. The summed E-state index contributed by atoms with van der Waals surface area (Å²) in [7, 11) is 1.78. The van der Waals surface area contributed by atoms with Crippen LogP contribution in [0.3, 0.4) is 0 Å². The predicted octanol–water partition coefficient (Wildman–Crippen LogP) is 0.372. The number of aromatic carboxylic acids is 1. The molecule has 104 valence electrons. The lowest BCUT2D eigenvalue weighted by atomic mass is 10.0. The summed E-state index contributed by atoms with van der Waals surface area (Å²) in [6, 6.07) is 6.45. The topological polar surface area (TPSA) is 97.1 Å². The average molecular weight is 274 g/mol. The molecule has 2 rings (SSSR count). The molecule has 20 heavy (non-hydrogen) atoms. The summed E-state index contributed by atoms with van der Waals surface area (Å²) in [6.45, 7) is 0.255. The van der Waals surface area contributed by atoms with Gasteiger partial charge in [-0.25, -0.2) is 4.79 Å². The third kappa shape index (κ3) is 3.19. The standard InChI is InChI=1S/C13H14N4O3/c1-17-8-15-16-11(17)7-14-12(18)6-9-4-2-3-5-10(9)13(19)20/h2-5,8H,6-7H2,1H3,(H,14,18)(H,19,20). The van der Waals surface area contributed by atoms with Gasteiger partial charge >= 0.3 is 5.97 Å². The number of nitrogens with one attached hydrogen (secondary N) is 1. The Morgan fingerprint density at radius 3 is 2.75 bits per heavy atom. The molecule has 0 unspecified atom stereocenters. The van der Waals surface area contributed by atoms with Crippen molar-refractivity contribution in [3.63, 3.8) is 0 Å². The molecule has 7 nitrogen and oxygen atoms in total. The molecular formula is C13H14N4O3. The highest BCUT2D eigenvalue weighted by molar-refractivity contribution is 5.91. The van der Waals surface area contributed by atoms with Gasteiger partial charge in [0.1, 0.15) is 6.33 Å². The Morgan fingerprint density at radius 2 is 2.10 bits per heavy atom. The van der Waals surface area contributed by atoms with Crippen molar-refractivity contribution in [1.29, 1.82) is 0 Å². The van der Waals surface area contributed by atoms with Gasteiger partial charge in [0.15, 0.2) is 5.82 Å². The minimum absolute atomic E-state index is 0.0142. The number of hydrogen-bond donors (Lipinski definition) is 2. The first-order chi connectivity index (χ1) is 9.58. The van der Waals surface area contributed by atoms with Crippen LogP contribution in [0.4, 0.5) is 0 Å². The largest absolute Gasteiger partial charge is 0.478 e. The van der Waals surface area contributed by atoms with Gasteiger partial charge in [-0.05, 0) is 11.6 Å². The number of aromatic nitrogens is 3. The first kappa shape index (κ1) is 13.7. The van der Waals surface area contributed by atoms with E-state index in [9.17, 15) is 9.59 Å². The van der Waals surface area contributed by atoms with E-state index in [0.29, 0.717) is 11.4 Å². The van der Waals surface area contributed by atoms with E-state index < -0.39 is 5.97 Å². The normalized spacial score (nSPS) is 10.2. The Balaban J connectivity index is 1.98. The Bertz CT molecular complexity index is 636. The van der Waals surface area contributed by atoms with E-state index in [0.717, 1.165) is 0 Å². The van der Waals surface area contributed by atoms with Gasteiger partial charge in [-0.3, -0.25) is 4.79 Å². The van der Waals surface area contributed by atoms with Crippen molar-refractivity contribution >= 4 is 11.9 Å². The summed E-state index contributed by atoms with van der Waals surface area (Å²) in [6.07, 6.45) is 1.56. The second-order valence-corrected chi connectivity index (χ2v) is 4.27. The molecule has 0 aliphatic rings.